The number of hydrogen-bond acceptors (Lipinski definition) is 3. The number of hydrogen-bond donors (Lipinski definition) is 0. The molecular weight excluding hydrogens is 351 g/mol. The summed E-state index contributed by atoms with van der Waals surface area (Å²) >= 11 is 3.23. The Bertz CT molecular complexity index is 698. The van der Waals surface area contributed by atoms with E-state index in [1.807, 2.05) is 12.1 Å². The highest BCUT2D eigenvalue weighted by molar-refractivity contribution is 9.10. The Labute approximate surface area is 136 Å². The maximum absolute atomic E-state index is 13.1. The van der Waals surface area contributed by atoms with E-state index in [9.17, 15) is 9.18 Å². The standard InChI is InChI=1S/C16H14BrFN2O2/c1-10(22-15-5-4-12(18)7-13(15)17)16(21)20-8-11-3-2-6-19-14(11)9-20/h2-7,10H,8-9H2,1H3. The maximum atomic E-state index is 13.1. The molecule has 1 amide bonds. The van der Waals surface area contributed by atoms with Gasteiger partial charge < -0.3 is 9.64 Å². The van der Waals surface area contributed by atoms with Gasteiger partial charge in [0.25, 0.3) is 5.91 Å². The zero-order chi connectivity index (χ0) is 15.7. The van der Waals surface area contributed by atoms with Crippen LogP contribution in [0.1, 0.15) is 18.2 Å². The first-order valence-electron chi connectivity index (χ1n) is 6.88. The van der Waals surface area contributed by atoms with Crippen LogP contribution in [0.15, 0.2) is 41.0 Å². The molecule has 6 heteroatoms. The molecular formula is C16H14BrFN2O2. The molecule has 1 unspecified atom stereocenters. The van der Waals surface area contributed by atoms with Crippen LogP contribution in [0.25, 0.3) is 0 Å². The minimum atomic E-state index is -0.656. The van der Waals surface area contributed by atoms with Gasteiger partial charge in [0.2, 0.25) is 0 Å². The fourth-order valence-electron chi connectivity index (χ4n) is 2.42. The van der Waals surface area contributed by atoms with E-state index in [-0.39, 0.29) is 11.7 Å². The number of nitrogens with zero attached hydrogens (tertiary/aromatic N) is 2. The van der Waals surface area contributed by atoms with Gasteiger partial charge in [-0.3, -0.25) is 9.78 Å². The van der Waals surface area contributed by atoms with Crippen LogP contribution in [-0.4, -0.2) is 21.9 Å². The molecule has 114 valence electrons. The summed E-state index contributed by atoms with van der Waals surface area (Å²) in [7, 11) is 0. The van der Waals surface area contributed by atoms with Gasteiger partial charge in [-0.05, 0) is 52.7 Å². The number of rotatable bonds is 3. The van der Waals surface area contributed by atoms with Crippen molar-refractivity contribution >= 4 is 21.8 Å². The Morgan fingerprint density at radius 2 is 2.23 bits per heavy atom. The second-order valence-corrected chi connectivity index (χ2v) is 5.99. The third kappa shape index (κ3) is 2.97. The lowest BCUT2D eigenvalue weighted by Gasteiger charge is -2.21. The molecule has 1 atom stereocenters. The van der Waals surface area contributed by atoms with Crippen molar-refractivity contribution in [1.29, 1.82) is 0 Å². The number of benzene rings is 1. The van der Waals surface area contributed by atoms with Crippen molar-refractivity contribution in [3.8, 4) is 5.75 Å². The van der Waals surface area contributed by atoms with E-state index in [1.54, 1.807) is 18.0 Å². The molecule has 22 heavy (non-hydrogen) atoms. The highest BCUT2D eigenvalue weighted by Gasteiger charge is 2.28. The van der Waals surface area contributed by atoms with Gasteiger partial charge in [0.15, 0.2) is 6.10 Å². The number of aromatic nitrogens is 1. The molecule has 1 aromatic heterocycles. The number of amides is 1. The van der Waals surface area contributed by atoms with Gasteiger partial charge in [-0.15, -0.1) is 0 Å². The Hall–Kier alpha value is -1.95. The fraction of sp³-hybridized carbons (Fsp3) is 0.250. The van der Waals surface area contributed by atoms with Crippen molar-refractivity contribution < 1.29 is 13.9 Å². The summed E-state index contributed by atoms with van der Waals surface area (Å²) in [6, 6.07) is 7.94. The van der Waals surface area contributed by atoms with Gasteiger partial charge in [-0.2, -0.15) is 0 Å². The molecule has 0 fully saturated rings. The summed E-state index contributed by atoms with van der Waals surface area (Å²) < 4.78 is 19.2. The predicted octanol–water partition coefficient (Wildman–Crippen LogP) is 3.29. The number of carbonyl (C=O) groups is 1. The summed E-state index contributed by atoms with van der Waals surface area (Å²) in [6.45, 7) is 2.72. The fourth-order valence-corrected chi connectivity index (χ4v) is 2.87. The van der Waals surface area contributed by atoms with Crippen LogP contribution in [0.2, 0.25) is 0 Å². The van der Waals surface area contributed by atoms with E-state index < -0.39 is 6.10 Å². The molecule has 0 saturated heterocycles. The Morgan fingerprint density at radius 1 is 1.41 bits per heavy atom. The molecule has 0 spiro atoms. The lowest BCUT2D eigenvalue weighted by atomic mass is 10.2. The van der Waals surface area contributed by atoms with Crippen molar-refractivity contribution in [2.45, 2.75) is 26.1 Å². The van der Waals surface area contributed by atoms with Crippen LogP contribution in [0, 0.1) is 5.82 Å². The van der Waals surface area contributed by atoms with Crippen LogP contribution >= 0.6 is 15.9 Å². The monoisotopic (exact) mass is 364 g/mol. The van der Waals surface area contributed by atoms with Crippen molar-refractivity contribution in [2.24, 2.45) is 0 Å². The second-order valence-electron chi connectivity index (χ2n) is 5.14. The zero-order valence-corrected chi connectivity index (χ0v) is 13.5. The van der Waals surface area contributed by atoms with Crippen LogP contribution in [-0.2, 0) is 17.9 Å². The highest BCUT2D eigenvalue weighted by Crippen LogP contribution is 2.27. The van der Waals surface area contributed by atoms with E-state index in [4.69, 9.17) is 4.74 Å². The van der Waals surface area contributed by atoms with E-state index in [1.165, 1.54) is 18.2 Å². The first kappa shape index (κ1) is 15.0. The number of halogens is 2. The minimum absolute atomic E-state index is 0.116. The number of ether oxygens (including phenoxy) is 1. The summed E-state index contributed by atoms with van der Waals surface area (Å²) in [6.07, 6.45) is 1.07. The summed E-state index contributed by atoms with van der Waals surface area (Å²) in [5, 5.41) is 0. The third-order valence-corrected chi connectivity index (χ3v) is 4.16. The summed E-state index contributed by atoms with van der Waals surface area (Å²) in [5.41, 5.74) is 1.98. The van der Waals surface area contributed by atoms with Crippen molar-refractivity contribution in [3.05, 3.63) is 58.1 Å². The van der Waals surface area contributed by atoms with Gasteiger partial charge in [-0.1, -0.05) is 6.07 Å². The van der Waals surface area contributed by atoms with Crippen molar-refractivity contribution in [3.63, 3.8) is 0 Å². The Balaban J connectivity index is 1.68. The molecule has 1 aliphatic rings. The summed E-state index contributed by atoms with van der Waals surface area (Å²) in [4.78, 5) is 18.5. The first-order chi connectivity index (χ1) is 10.5. The van der Waals surface area contributed by atoms with Gasteiger partial charge in [0.05, 0.1) is 16.7 Å². The molecule has 1 aromatic carbocycles. The summed E-state index contributed by atoms with van der Waals surface area (Å²) in [5.74, 6) is -0.0365. The van der Waals surface area contributed by atoms with E-state index >= 15 is 0 Å². The van der Waals surface area contributed by atoms with Gasteiger partial charge >= 0.3 is 0 Å². The third-order valence-electron chi connectivity index (χ3n) is 3.54. The molecule has 2 heterocycles. The molecule has 1 aliphatic heterocycles. The topological polar surface area (TPSA) is 42.4 Å². The molecule has 2 aromatic rings. The average Bonchev–Trinajstić information content (AvgIpc) is 2.93. The Morgan fingerprint density at radius 3 is 2.95 bits per heavy atom. The SMILES string of the molecule is CC(Oc1ccc(F)cc1Br)C(=O)N1Cc2cccnc2C1. The van der Waals surface area contributed by atoms with Crippen LogP contribution < -0.4 is 4.74 Å². The molecule has 4 nitrogen and oxygen atoms in total. The lowest BCUT2D eigenvalue weighted by Crippen LogP contribution is -2.37. The van der Waals surface area contributed by atoms with Gasteiger partial charge in [-0.25, -0.2) is 4.39 Å². The molecule has 0 saturated carbocycles. The van der Waals surface area contributed by atoms with Crippen LogP contribution in [0.4, 0.5) is 4.39 Å². The van der Waals surface area contributed by atoms with Crippen molar-refractivity contribution in [1.82, 2.24) is 9.88 Å². The van der Waals surface area contributed by atoms with Gasteiger partial charge in [0, 0.05) is 12.7 Å². The van der Waals surface area contributed by atoms with Gasteiger partial charge in [0.1, 0.15) is 11.6 Å². The average molecular weight is 365 g/mol. The molecule has 0 bridgehead atoms. The molecule has 0 aliphatic carbocycles. The molecule has 0 radical (unpaired) electrons. The quantitative estimate of drug-likeness (QED) is 0.838. The zero-order valence-electron chi connectivity index (χ0n) is 11.9. The van der Waals surface area contributed by atoms with E-state index in [0.29, 0.717) is 23.3 Å². The lowest BCUT2D eigenvalue weighted by molar-refractivity contribution is -0.138. The van der Waals surface area contributed by atoms with E-state index in [0.717, 1.165) is 11.3 Å². The van der Waals surface area contributed by atoms with Crippen LogP contribution in [0.5, 0.6) is 5.75 Å². The highest BCUT2D eigenvalue weighted by atomic mass is 79.9. The van der Waals surface area contributed by atoms with Crippen LogP contribution in [0.3, 0.4) is 0 Å². The Kier molecular flexibility index (Phi) is 4.11. The number of pyridine rings is 1. The number of fused-ring (bicyclic) bond motifs is 1. The first-order valence-corrected chi connectivity index (χ1v) is 7.67. The van der Waals surface area contributed by atoms with E-state index in [2.05, 4.69) is 20.9 Å². The predicted molar refractivity (Wildman–Crippen MR) is 82.7 cm³/mol. The normalized spacial score (nSPS) is 14.6. The maximum Gasteiger partial charge on any atom is 0.264 e. The number of carbonyl (C=O) groups excluding carboxylic acids is 1. The largest absolute Gasteiger partial charge is 0.480 e. The second kappa shape index (κ2) is 6.04. The smallest absolute Gasteiger partial charge is 0.264 e. The van der Waals surface area contributed by atoms with Crippen molar-refractivity contribution in [2.75, 3.05) is 0 Å². The molecule has 3 rings (SSSR count). The minimum Gasteiger partial charge on any atom is -0.480 e. The molecule has 0 N–H and O–H groups in total.